The molecule has 2 saturated heterocycles. The van der Waals surface area contributed by atoms with Gasteiger partial charge in [-0.15, -0.1) is 0 Å². The summed E-state index contributed by atoms with van der Waals surface area (Å²) in [5, 5.41) is 2.88. The van der Waals surface area contributed by atoms with E-state index in [-0.39, 0.29) is 41.7 Å². The molecule has 1 aliphatic carbocycles. The van der Waals surface area contributed by atoms with Gasteiger partial charge in [0.25, 0.3) is 0 Å². The van der Waals surface area contributed by atoms with E-state index in [1.54, 1.807) is 4.90 Å². The van der Waals surface area contributed by atoms with Gasteiger partial charge in [-0.1, -0.05) is 6.92 Å². The van der Waals surface area contributed by atoms with Crippen LogP contribution >= 0.6 is 0 Å². The maximum Gasteiger partial charge on any atom is 0.228 e. The van der Waals surface area contributed by atoms with E-state index in [4.69, 9.17) is 4.74 Å². The van der Waals surface area contributed by atoms with Crippen molar-refractivity contribution in [3.8, 4) is 5.75 Å². The minimum Gasteiger partial charge on any atom is -0.493 e. The monoisotopic (exact) mass is 449 g/mol. The Balaban J connectivity index is 1.43. The maximum atomic E-state index is 14.0. The molecule has 9 heteroatoms. The SMILES string of the molecule is COc1cc(N2CCN(C(=O)[C@H](C)C[C@@]3(C4CC4)NC(=O)CC3=O)C[C@@H]2C)cc(F)c1F. The number of Topliss-reactive ketones (excluding diaryl/α,β-unsaturated/α-hetero) is 1. The van der Waals surface area contributed by atoms with Crippen molar-refractivity contribution >= 4 is 23.3 Å². The summed E-state index contributed by atoms with van der Waals surface area (Å²) in [6.07, 6.45) is 1.99. The number of piperazine rings is 1. The molecule has 7 nitrogen and oxygen atoms in total. The quantitative estimate of drug-likeness (QED) is 0.675. The van der Waals surface area contributed by atoms with E-state index < -0.39 is 23.1 Å². The summed E-state index contributed by atoms with van der Waals surface area (Å²) in [6, 6.07) is 2.48. The summed E-state index contributed by atoms with van der Waals surface area (Å²) in [6.45, 7) is 5.02. The number of halogens is 2. The van der Waals surface area contributed by atoms with E-state index in [1.165, 1.54) is 13.2 Å². The fourth-order valence-electron chi connectivity index (χ4n) is 5.19. The summed E-state index contributed by atoms with van der Waals surface area (Å²) < 4.78 is 32.7. The Morgan fingerprint density at radius 1 is 1.28 bits per heavy atom. The molecule has 32 heavy (non-hydrogen) atoms. The lowest BCUT2D eigenvalue weighted by Gasteiger charge is -2.42. The van der Waals surface area contributed by atoms with Crippen molar-refractivity contribution < 1.29 is 27.9 Å². The van der Waals surface area contributed by atoms with Gasteiger partial charge in [0.2, 0.25) is 17.6 Å². The topological polar surface area (TPSA) is 79.0 Å². The van der Waals surface area contributed by atoms with Crippen LogP contribution in [0.2, 0.25) is 0 Å². The summed E-state index contributed by atoms with van der Waals surface area (Å²) in [5.41, 5.74) is -0.401. The third-order valence-electron chi connectivity index (χ3n) is 6.98. The maximum absolute atomic E-state index is 14.0. The molecule has 3 fully saturated rings. The number of hydrogen-bond acceptors (Lipinski definition) is 5. The third kappa shape index (κ3) is 3.93. The van der Waals surface area contributed by atoms with E-state index in [0.717, 1.165) is 18.9 Å². The normalized spacial score (nSPS) is 26.8. The molecular weight excluding hydrogens is 420 g/mol. The molecule has 1 N–H and O–H groups in total. The van der Waals surface area contributed by atoms with Crippen LogP contribution in [0.5, 0.6) is 5.75 Å². The van der Waals surface area contributed by atoms with Crippen LogP contribution in [0.15, 0.2) is 12.1 Å². The van der Waals surface area contributed by atoms with Crippen LogP contribution in [-0.2, 0) is 14.4 Å². The van der Waals surface area contributed by atoms with Crippen molar-refractivity contribution in [2.45, 2.75) is 51.1 Å². The number of nitrogens with one attached hydrogen (secondary N) is 1. The fraction of sp³-hybridized carbons (Fsp3) is 0.609. The molecule has 0 unspecified atom stereocenters. The van der Waals surface area contributed by atoms with Crippen LogP contribution in [0.25, 0.3) is 0 Å². The van der Waals surface area contributed by atoms with Crippen LogP contribution in [0.1, 0.15) is 39.5 Å². The molecule has 3 aliphatic rings. The molecule has 174 valence electrons. The molecule has 0 spiro atoms. The Bertz CT molecular complexity index is 951. The molecule has 2 aliphatic heterocycles. The molecule has 3 atom stereocenters. The highest BCUT2D eigenvalue weighted by molar-refractivity contribution is 6.10. The third-order valence-corrected chi connectivity index (χ3v) is 6.98. The number of nitrogens with zero attached hydrogens (tertiary/aromatic N) is 2. The first-order chi connectivity index (χ1) is 15.2. The zero-order valence-electron chi connectivity index (χ0n) is 18.6. The van der Waals surface area contributed by atoms with Gasteiger partial charge in [0.15, 0.2) is 17.3 Å². The highest BCUT2D eigenvalue weighted by Crippen LogP contribution is 2.46. The van der Waals surface area contributed by atoms with Gasteiger partial charge >= 0.3 is 0 Å². The average Bonchev–Trinajstić information content (AvgIpc) is 3.56. The second-order valence-corrected chi connectivity index (χ2v) is 9.27. The van der Waals surface area contributed by atoms with Gasteiger partial charge in [0, 0.05) is 49.4 Å². The van der Waals surface area contributed by atoms with Gasteiger partial charge in [-0.05, 0) is 32.1 Å². The Morgan fingerprint density at radius 3 is 2.56 bits per heavy atom. The first-order valence-corrected chi connectivity index (χ1v) is 11.1. The number of rotatable bonds is 6. The number of anilines is 1. The summed E-state index contributed by atoms with van der Waals surface area (Å²) in [5.74, 6) is -2.88. The lowest BCUT2D eigenvalue weighted by atomic mass is 9.81. The van der Waals surface area contributed by atoms with Crippen LogP contribution in [-0.4, -0.2) is 60.8 Å². The number of methoxy groups -OCH3 is 1. The molecular formula is C23H29F2N3O4. The summed E-state index contributed by atoms with van der Waals surface area (Å²) >= 11 is 0. The Labute approximate surface area is 186 Å². The minimum absolute atomic E-state index is 0.0617. The predicted molar refractivity (Wildman–Crippen MR) is 113 cm³/mol. The van der Waals surface area contributed by atoms with E-state index in [9.17, 15) is 23.2 Å². The zero-order valence-corrected chi connectivity index (χ0v) is 18.6. The number of benzene rings is 1. The fourth-order valence-corrected chi connectivity index (χ4v) is 5.19. The second kappa shape index (κ2) is 8.33. The number of hydrogen-bond donors (Lipinski definition) is 1. The van der Waals surface area contributed by atoms with Crippen molar-refractivity contribution in [2.75, 3.05) is 31.6 Å². The molecule has 1 aromatic carbocycles. The molecule has 0 bridgehead atoms. The van der Waals surface area contributed by atoms with Crippen LogP contribution in [0, 0.1) is 23.5 Å². The lowest BCUT2D eigenvalue weighted by molar-refractivity contribution is -0.137. The molecule has 2 heterocycles. The van der Waals surface area contributed by atoms with E-state index in [1.807, 2.05) is 18.7 Å². The molecule has 1 aromatic rings. The van der Waals surface area contributed by atoms with Gasteiger partial charge in [-0.25, -0.2) is 4.39 Å². The van der Waals surface area contributed by atoms with Gasteiger partial charge in [-0.3, -0.25) is 14.4 Å². The molecule has 4 rings (SSSR count). The molecule has 2 amide bonds. The second-order valence-electron chi connectivity index (χ2n) is 9.27. The van der Waals surface area contributed by atoms with Crippen molar-refractivity contribution in [1.29, 1.82) is 0 Å². The summed E-state index contributed by atoms with van der Waals surface area (Å²) in [4.78, 5) is 41.3. The first-order valence-electron chi connectivity index (χ1n) is 11.1. The molecule has 1 saturated carbocycles. The van der Waals surface area contributed by atoms with Crippen LogP contribution in [0.4, 0.5) is 14.5 Å². The van der Waals surface area contributed by atoms with Crippen molar-refractivity contribution in [2.24, 2.45) is 11.8 Å². The highest BCUT2D eigenvalue weighted by Gasteiger charge is 2.56. The van der Waals surface area contributed by atoms with Gasteiger partial charge in [0.05, 0.1) is 13.5 Å². The smallest absolute Gasteiger partial charge is 0.228 e. The number of carbonyl (C=O) groups is 3. The van der Waals surface area contributed by atoms with E-state index >= 15 is 0 Å². The van der Waals surface area contributed by atoms with Gasteiger partial charge in [0.1, 0.15) is 5.54 Å². The Kier molecular flexibility index (Phi) is 5.85. The number of ether oxygens (including phenoxy) is 1. The number of carbonyl (C=O) groups excluding carboxylic acids is 3. The standard InChI is InChI=1S/C23H29F2N3O4/c1-13(11-23(15-4-5-15)19(29)10-20(30)26-23)22(31)27-6-7-28(14(2)12-27)16-8-17(24)21(25)18(9-16)32-3/h8-9,13-15H,4-7,10-12H2,1-3H3,(H,26,30)/t13-,14+,23+/m1/s1. The van der Waals surface area contributed by atoms with Gasteiger partial charge < -0.3 is 19.9 Å². The Hall–Kier alpha value is -2.71. The molecule has 0 aromatic heterocycles. The highest BCUT2D eigenvalue weighted by atomic mass is 19.2. The van der Waals surface area contributed by atoms with Crippen LogP contribution in [0.3, 0.4) is 0 Å². The zero-order chi connectivity index (χ0) is 23.2. The van der Waals surface area contributed by atoms with E-state index in [2.05, 4.69) is 5.32 Å². The van der Waals surface area contributed by atoms with Crippen molar-refractivity contribution in [1.82, 2.24) is 10.2 Å². The van der Waals surface area contributed by atoms with E-state index in [0.29, 0.717) is 31.7 Å². The Morgan fingerprint density at radius 2 is 2.00 bits per heavy atom. The van der Waals surface area contributed by atoms with Crippen molar-refractivity contribution in [3.63, 3.8) is 0 Å². The average molecular weight is 449 g/mol. The largest absolute Gasteiger partial charge is 0.493 e. The first kappa shape index (κ1) is 22.5. The molecule has 0 radical (unpaired) electrons. The number of amides is 2. The van der Waals surface area contributed by atoms with Crippen LogP contribution < -0.4 is 15.0 Å². The predicted octanol–water partition coefficient (Wildman–Crippen LogP) is 2.27. The minimum atomic E-state index is -1.02. The van der Waals surface area contributed by atoms with Crippen molar-refractivity contribution in [3.05, 3.63) is 23.8 Å². The van der Waals surface area contributed by atoms with Gasteiger partial charge in [-0.2, -0.15) is 4.39 Å². The summed E-state index contributed by atoms with van der Waals surface area (Å²) in [7, 11) is 1.29. The number of ketones is 1. The lowest BCUT2D eigenvalue weighted by Crippen LogP contribution is -2.56.